The number of benzene rings is 2. The molecule has 0 bridgehead atoms. The van der Waals surface area contributed by atoms with Crippen LogP contribution in [0, 0.1) is 12.7 Å². The molecule has 0 spiro atoms. The fourth-order valence-corrected chi connectivity index (χ4v) is 2.49. The number of nitrogens with one attached hydrogen (secondary N) is 3. The lowest BCUT2D eigenvalue weighted by molar-refractivity contribution is -0.122. The van der Waals surface area contributed by atoms with Crippen molar-refractivity contribution in [3.05, 3.63) is 47.8 Å². The smallest absolute Gasteiger partial charge is 0.265 e. The summed E-state index contributed by atoms with van der Waals surface area (Å²) in [5.74, 6) is 0.105. The minimum absolute atomic E-state index is 0.199. The van der Waals surface area contributed by atoms with Crippen molar-refractivity contribution in [1.29, 1.82) is 0 Å². The number of halogens is 1. The van der Waals surface area contributed by atoms with Crippen molar-refractivity contribution in [2.24, 2.45) is 0 Å². The first kappa shape index (κ1) is 16.2. The lowest BCUT2D eigenvalue weighted by Gasteiger charge is -2.24. The van der Waals surface area contributed by atoms with Gasteiger partial charge in [-0.25, -0.2) is 4.39 Å². The van der Waals surface area contributed by atoms with Crippen molar-refractivity contribution in [2.45, 2.75) is 20.0 Å². The molecule has 2 aromatic rings. The molecule has 0 saturated carbocycles. The van der Waals surface area contributed by atoms with E-state index in [9.17, 15) is 9.18 Å². The molecule has 0 unspecified atom stereocenters. The molecule has 5 nitrogen and oxygen atoms in total. The van der Waals surface area contributed by atoms with E-state index in [0.29, 0.717) is 33.5 Å². The summed E-state index contributed by atoms with van der Waals surface area (Å²) in [6.45, 7) is 3.38. The summed E-state index contributed by atoms with van der Waals surface area (Å²) >= 11 is 5.23. The van der Waals surface area contributed by atoms with Gasteiger partial charge in [0.25, 0.3) is 5.91 Å². The van der Waals surface area contributed by atoms with Crippen LogP contribution in [0.25, 0.3) is 0 Å². The van der Waals surface area contributed by atoms with Crippen LogP contribution in [0.2, 0.25) is 0 Å². The van der Waals surface area contributed by atoms with E-state index in [1.54, 1.807) is 44.2 Å². The van der Waals surface area contributed by atoms with Gasteiger partial charge in [0.1, 0.15) is 11.6 Å². The number of rotatable bonds is 2. The van der Waals surface area contributed by atoms with Crippen LogP contribution in [0.4, 0.5) is 21.5 Å². The minimum atomic E-state index is -0.518. The van der Waals surface area contributed by atoms with Crippen LogP contribution in [0.3, 0.4) is 0 Å². The molecule has 1 atom stereocenters. The number of thiocarbonyl (C=S) groups is 1. The zero-order valence-corrected chi connectivity index (χ0v) is 14.0. The average molecular weight is 345 g/mol. The van der Waals surface area contributed by atoms with Crippen LogP contribution in [0.5, 0.6) is 5.75 Å². The number of amides is 1. The summed E-state index contributed by atoms with van der Waals surface area (Å²) < 4.78 is 19.0. The second kappa shape index (κ2) is 6.45. The summed E-state index contributed by atoms with van der Waals surface area (Å²) in [5.41, 5.74) is 2.38. The highest BCUT2D eigenvalue weighted by molar-refractivity contribution is 7.80. The highest BCUT2D eigenvalue weighted by Crippen LogP contribution is 2.32. The molecule has 1 aliphatic rings. The number of hydrogen-bond donors (Lipinski definition) is 3. The Bertz CT molecular complexity index is 825. The lowest BCUT2D eigenvalue weighted by atomic mass is 10.2. The third-order valence-electron chi connectivity index (χ3n) is 3.60. The van der Waals surface area contributed by atoms with Gasteiger partial charge in [-0.2, -0.15) is 0 Å². The Hall–Kier alpha value is -2.67. The quantitative estimate of drug-likeness (QED) is 0.725. The van der Waals surface area contributed by atoms with E-state index < -0.39 is 6.10 Å². The number of hydrogen-bond acceptors (Lipinski definition) is 3. The second-order valence-electron chi connectivity index (χ2n) is 5.50. The molecule has 0 fully saturated rings. The third kappa shape index (κ3) is 3.46. The van der Waals surface area contributed by atoms with E-state index in [2.05, 4.69) is 16.0 Å². The molecule has 1 heterocycles. The van der Waals surface area contributed by atoms with Gasteiger partial charge in [0.15, 0.2) is 11.2 Å². The van der Waals surface area contributed by atoms with Crippen LogP contribution in [-0.4, -0.2) is 17.1 Å². The van der Waals surface area contributed by atoms with E-state index in [1.807, 2.05) is 0 Å². The van der Waals surface area contributed by atoms with Crippen LogP contribution >= 0.6 is 12.2 Å². The van der Waals surface area contributed by atoms with E-state index in [-0.39, 0.29) is 11.7 Å². The maximum Gasteiger partial charge on any atom is 0.265 e. The molecular formula is C17H16FN3O2S. The van der Waals surface area contributed by atoms with Crippen LogP contribution in [0.1, 0.15) is 12.5 Å². The standard InChI is InChI=1S/C17H16FN3O2S/c1-9-3-4-11(7-13(9)18)19-17(24)20-12-5-6-15-14(8-12)21-16(22)10(2)23-15/h3-8,10H,1-2H3,(H,21,22)(H2,19,20,24)/t10-/m0/s1. The van der Waals surface area contributed by atoms with Gasteiger partial charge >= 0.3 is 0 Å². The van der Waals surface area contributed by atoms with Crippen molar-refractivity contribution < 1.29 is 13.9 Å². The Morgan fingerprint density at radius 3 is 2.58 bits per heavy atom. The monoisotopic (exact) mass is 345 g/mol. The third-order valence-corrected chi connectivity index (χ3v) is 3.80. The molecule has 2 aromatic carbocycles. The molecule has 3 N–H and O–H groups in total. The largest absolute Gasteiger partial charge is 0.479 e. The number of aryl methyl sites for hydroxylation is 1. The first-order valence-electron chi connectivity index (χ1n) is 7.38. The first-order chi connectivity index (χ1) is 11.4. The van der Waals surface area contributed by atoms with Crippen LogP contribution in [-0.2, 0) is 4.79 Å². The SMILES string of the molecule is Cc1ccc(NC(=S)Nc2ccc3c(c2)NC(=O)[C@H](C)O3)cc1F. The predicted molar refractivity (Wildman–Crippen MR) is 96.1 cm³/mol. The van der Waals surface area contributed by atoms with Gasteiger partial charge in [-0.1, -0.05) is 6.07 Å². The fraction of sp³-hybridized carbons (Fsp3) is 0.176. The first-order valence-corrected chi connectivity index (χ1v) is 7.79. The average Bonchev–Trinajstić information content (AvgIpc) is 2.52. The van der Waals surface area contributed by atoms with E-state index in [0.717, 1.165) is 0 Å². The maximum absolute atomic E-state index is 13.6. The molecule has 24 heavy (non-hydrogen) atoms. The maximum atomic E-state index is 13.6. The Morgan fingerprint density at radius 2 is 1.88 bits per heavy atom. The van der Waals surface area contributed by atoms with Gasteiger partial charge in [0.2, 0.25) is 0 Å². The van der Waals surface area contributed by atoms with E-state index >= 15 is 0 Å². The molecule has 3 rings (SSSR count). The summed E-state index contributed by atoms with van der Waals surface area (Å²) in [5, 5.41) is 8.99. The molecule has 1 amide bonds. The summed E-state index contributed by atoms with van der Waals surface area (Å²) in [4.78, 5) is 11.7. The number of ether oxygens (including phenoxy) is 1. The lowest BCUT2D eigenvalue weighted by Crippen LogP contribution is -2.34. The molecule has 0 saturated heterocycles. The molecule has 7 heteroatoms. The molecule has 124 valence electrons. The van der Waals surface area contributed by atoms with Crippen molar-refractivity contribution >= 4 is 40.3 Å². The second-order valence-corrected chi connectivity index (χ2v) is 5.91. The topological polar surface area (TPSA) is 62.4 Å². The van der Waals surface area contributed by atoms with Crippen LogP contribution in [0.15, 0.2) is 36.4 Å². The Morgan fingerprint density at radius 1 is 1.21 bits per heavy atom. The summed E-state index contributed by atoms with van der Waals surface area (Å²) in [6, 6.07) is 10.1. The highest BCUT2D eigenvalue weighted by Gasteiger charge is 2.23. The summed E-state index contributed by atoms with van der Waals surface area (Å²) in [7, 11) is 0. The molecule has 1 aliphatic heterocycles. The van der Waals surface area contributed by atoms with Crippen molar-refractivity contribution in [1.82, 2.24) is 0 Å². The van der Waals surface area contributed by atoms with Gasteiger partial charge in [-0.3, -0.25) is 4.79 Å². The molecule has 0 radical (unpaired) electrons. The molecule has 0 aliphatic carbocycles. The number of carbonyl (C=O) groups is 1. The molecular weight excluding hydrogens is 329 g/mol. The van der Waals surface area contributed by atoms with Gasteiger partial charge in [0, 0.05) is 11.4 Å². The van der Waals surface area contributed by atoms with Gasteiger partial charge in [0.05, 0.1) is 5.69 Å². The normalized spacial score (nSPS) is 15.8. The van der Waals surface area contributed by atoms with Crippen molar-refractivity contribution in [2.75, 3.05) is 16.0 Å². The van der Waals surface area contributed by atoms with Gasteiger partial charge in [-0.05, 0) is 62.0 Å². The van der Waals surface area contributed by atoms with Gasteiger partial charge < -0.3 is 20.7 Å². The van der Waals surface area contributed by atoms with Crippen molar-refractivity contribution in [3.8, 4) is 5.75 Å². The Labute approximate surface area is 144 Å². The fourth-order valence-electron chi connectivity index (χ4n) is 2.25. The predicted octanol–water partition coefficient (Wildman–Crippen LogP) is 3.66. The van der Waals surface area contributed by atoms with Crippen LogP contribution < -0.4 is 20.7 Å². The highest BCUT2D eigenvalue weighted by atomic mass is 32.1. The van der Waals surface area contributed by atoms with E-state index in [4.69, 9.17) is 17.0 Å². The number of anilines is 3. The molecule has 0 aromatic heterocycles. The number of carbonyl (C=O) groups excluding carboxylic acids is 1. The minimum Gasteiger partial charge on any atom is -0.479 e. The number of fused-ring (bicyclic) bond motifs is 1. The Balaban J connectivity index is 1.69. The zero-order chi connectivity index (χ0) is 17.3. The van der Waals surface area contributed by atoms with E-state index in [1.165, 1.54) is 6.07 Å². The van der Waals surface area contributed by atoms with Crippen molar-refractivity contribution in [3.63, 3.8) is 0 Å². The zero-order valence-electron chi connectivity index (χ0n) is 13.1. The summed E-state index contributed by atoms with van der Waals surface area (Å²) in [6.07, 6.45) is -0.518. The van der Waals surface area contributed by atoms with Gasteiger partial charge in [-0.15, -0.1) is 0 Å². The Kier molecular flexibility index (Phi) is 4.35.